The zero-order valence-electron chi connectivity index (χ0n) is 8.98. The molecule has 3 N–H and O–H groups in total. The number of nitrogens with two attached hydrogens (primary N) is 1. The number of aliphatic carboxylic acids is 1. The van der Waals surface area contributed by atoms with Crippen LogP contribution in [0.1, 0.15) is 26.2 Å². The molecule has 1 amide bonds. The van der Waals surface area contributed by atoms with E-state index < -0.39 is 12.0 Å². The molecule has 1 aliphatic rings. The molecule has 86 valence electrons. The molecule has 1 aliphatic heterocycles. The molecule has 0 bridgehead atoms. The van der Waals surface area contributed by atoms with Gasteiger partial charge in [0.15, 0.2) is 0 Å². The van der Waals surface area contributed by atoms with Crippen molar-refractivity contribution in [2.75, 3.05) is 13.1 Å². The van der Waals surface area contributed by atoms with Crippen LogP contribution in [0.15, 0.2) is 0 Å². The molecule has 0 radical (unpaired) electrons. The second-order valence-electron chi connectivity index (χ2n) is 4.03. The molecule has 0 aliphatic carbocycles. The SMILES string of the molecule is CC1CCCN(C(=O)CCN)C1C(=O)O. The second-order valence-corrected chi connectivity index (χ2v) is 4.03. The predicted octanol–water partition coefficient (Wildman–Crippen LogP) is 0.0469. The number of rotatable bonds is 3. The zero-order valence-corrected chi connectivity index (χ0v) is 8.98. The third-order valence-electron chi connectivity index (χ3n) is 2.86. The molecule has 5 heteroatoms. The Balaban J connectivity index is 2.74. The minimum absolute atomic E-state index is 0.0259. The number of carbonyl (C=O) groups excluding carboxylic acids is 1. The lowest BCUT2D eigenvalue weighted by Gasteiger charge is -2.37. The summed E-state index contributed by atoms with van der Waals surface area (Å²) in [4.78, 5) is 24.2. The van der Waals surface area contributed by atoms with E-state index in [2.05, 4.69) is 0 Å². The number of hydrogen-bond acceptors (Lipinski definition) is 3. The van der Waals surface area contributed by atoms with Crippen LogP contribution in [0, 0.1) is 5.92 Å². The molecule has 2 atom stereocenters. The van der Waals surface area contributed by atoms with Crippen molar-refractivity contribution in [2.24, 2.45) is 11.7 Å². The fourth-order valence-electron chi connectivity index (χ4n) is 2.11. The Morgan fingerprint density at radius 1 is 1.53 bits per heavy atom. The van der Waals surface area contributed by atoms with Gasteiger partial charge in [0.25, 0.3) is 0 Å². The van der Waals surface area contributed by atoms with Crippen LogP contribution in [0.2, 0.25) is 0 Å². The number of carboxylic acids is 1. The monoisotopic (exact) mass is 214 g/mol. The number of carbonyl (C=O) groups is 2. The summed E-state index contributed by atoms with van der Waals surface area (Å²) in [7, 11) is 0. The Labute approximate surface area is 89.2 Å². The van der Waals surface area contributed by atoms with Crippen LogP contribution in [-0.2, 0) is 9.59 Å². The van der Waals surface area contributed by atoms with Gasteiger partial charge in [0.1, 0.15) is 6.04 Å². The number of nitrogens with zero attached hydrogens (tertiary/aromatic N) is 1. The molecule has 0 aromatic carbocycles. The highest BCUT2D eigenvalue weighted by atomic mass is 16.4. The van der Waals surface area contributed by atoms with E-state index in [-0.39, 0.29) is 24.8 Å². The first-order valence-electron chi connectivity index (χ1n) is 5.30. The summed E-state index contributed by atoms with van der Waals surface area (Å²) in [6.45, 7) is 2.69. The second kappa shape index (κ2) is 5.11. The lowest BCUT2D eigenvalue weighted by atomic mass is 9.90. The summed E-state index contributed by atoms with van der Waals surface area (Å²) in [5, 5.41) is 9.07. The van der Waals surface area contributed by atoms with Crippen LogP contribution in [-0.4, -0.2) is 41.0 Å². The van der Waals surface area contributed by atoms with Crippen molar-refractivity contribution in [3.63, 3.8) is 0 Å². The molecule has 0 saturated carbocycles. The van der Waals surface area contributed by atoms with E-state index in [1.165, 1.54) is 4.90 Å². The average Bonchev–Trinajstić information content (AvgIpc) is 2.17. The van der Waals surface area contributed by atoms with Crippen LogP contribution in [0.3, 0.4) is 0 Å². The Morgan fingerprint density at radius 3 is 2.73 bits per heavy atom. The average molecular weight is 214 g/mol. The predicted molar refractivity (Wildman–Crippen MR) is 55.2 cm³/mol. The molecule has 1 heterocycles. The van der Waals surface area contributed by atoms with Crippen LogP contribution in [0.25, 0.3) is 0 Å². The Hall–Kier alpha value is -1.10. The van der Waals surface area contributed by atoms with Gasteiger partial charge < -0.3 is 15.7 Å². The zero-order chi connectivity index (χ0) is 11.4. The summed E-state index contributed by atoms with van der Waals surface area (Å²) in [6, 6.07) is -0.669. The lowest BCUT2D eigenvalue weighted by molar-refractivity contribution is -0.154. The van der Waals surface area contributed by atoms with E-state index in [0.717, 1.165) is 12.8 Å². The van der Waals surface area contributed by atoms with Crippen LogP contribution in [0.5, 0.6) is 0 Å². The fraction of sp³-hybridized carbons (Fsp3) is 0.800. The first-order chi connectivity index (χ1) is 7.07. The molecule has 1 rings (SSSR count). The Morgan fingerprint density at radius 2 is 2.20 bits per heavy atom. The number of hydrogen-bond donors (Lipinski definition) is 2. The number of amides is 1. The van der Waals surface area contributed by atoms with Gasteiger partial charge in [-0.25, -0.2) is 4.79 Å². The third kappa shape index (κ3) is 2.68. The van der Waals surface area contributed by atoms with Crippen molar-refractivity contribution in [2.45, 2.75) is 32.2 Å². The third-order valence-corrected chi connectivity index (χ3v) is 2.86. The van der Waals surface area contributed by atoms with Crippen molar-refractivity contribution < 1.29 is 14.7 Å². The maximum atomic E-state index is 11.6. The normalized spacial score (nSPS) is 26.4. The van der Waals surface area contributed by atoms with Crippen molar-refractivity contribution in [1.82, 2.24) is 4.90 Å². The van der Waals surface area contributed by atoms with Crippen molar-refractivity contribution >= 4 is 11.9 Å². The largest absolute Gasteiger partial charge is 0.480 e. The standard InChI is InChI=1S/C10H18N2O3/c1-7-3-2-6-12(8(13)4-5-11)9(7)10(14)15/h7,9H,2-6,11H2,1H3,(H,14,15). The van der Waals surface area contributed by atoms with Crippen molar-refractivity contribution in [1.29, 1.82) is 0 Å². The van der Waals surface area contributed by atoms with Gasteiger partial charge in [-0.3, -0.25) is 4.79 Å². The minimum Gasteiger partial charge on any atom is -0.480 e. The number of piperidine rings is 1. The summed E-state index contributed by atoms with van der Waals surface area (Å²) in [5.41, 5.74) is 5.30. The van der Waals surface area contributed by atoms with Gasteiger partial charge in [0, 0.05) is 19.5 Å². The molecular formula is C10H18N2O3. The van der Waals surface area contributed by atoms with Crippen LogP contribution < -0.4 is 5.73 Å². The first-order valence-corrected chi connectivity index (χ1v) is 5.30. The fourth-order valence-corrected chi connectivity index (χ4v) is 2.11. The van der Waals surface area contributed by atoms with E-state index in [9.17, 15) is 9.59 Å². The van der Waals surface area contributed by atoms with Gasteiger partial charge in [-0.1, -0.05) is 6.92 Å². The highest BCUT2D eigenvalue weighted by Gasteiger charge is 2.36. The van der Waals surface area contributed by atoms with Crippen molar-refractivity contribution in [3.8, 4) is 0 Å². The topological polar surface area (TPSA) is 83.6 Å². The first kappa shape index (κ1) is 12.0. The molecular weight excluding hydrogens is 196 g/mol. The highest BCUT2D eigenvalue weighted by molar-refractivity contribution is 5.84. The summed E-state index contributed by atoms with van der Waals surface area (Å²) in [6.07, 6.45) is 1.97. The van der Waals surface area contributed by atoms with Gasteiger partial charge in [0.05, 0.1) is 0 Å². The van der Waals surface area contributed by atoms with E-state index in [0.29, 0.717) is 6.54 Å². The molecule has 2 unspecified atom stereocenters. The molecule has 15 heavy (non-hydrogen) atoms. The van der Waals surface area contributed by atoms with Gasteiger partial charge in [0.2, 0.25) is 5.91 Å². The number of carboxylic acid groups (broad SMARTS) is 1. The molecule has 5 nitrogen and oxygen atoms in total. The van der Waals surface area contributed by atoms with Gasteiger partial charge >= 0.3 is 5.97 Å². The number of likely N-dealkylation sites (tertiary alicyclic amines) is 1. The van der Waals surface area contributed by atoms with E-state index >= 15 is 0 Å². The van der Waals surface area contributed by atoms with E-state index in [1.54, 1.807) is 0 Å². The Kier molecular flexibility index (Phi) is 4.08. The Bertz CT molecular complexity index is 255. The molecule has 1 fully saturated rings. The highest BCUT2D eigenvalue weighted by Crippen LogP contribution is 2.23. The molecule has 1 saturated heterocycles. The van der Waals surface area contributed by atoms with Crippen molar-refractivity contribution in [3.05, 3.63) is 0 Å². The molecule has 0 aromatic heterocycles. The smallest absolute Gasteiger partial charge is 0.326 e. The lowest BCUT2D eigenvalue weighted by Crippen LogP contribution is -2.52. The molecule has 0 spiro atoms. The minimum atomic E-state index is -0.910. The molecule has 0 aromatic rings. The summed E-state index contributed by atoms with van der Waals surface area (Å²) < 4.78 is 0. The van der Waals surface area contributed by atoms with Crippen LogP contribution >= 0.6 is 0 Å². The van der Waals surface area contributed by atoms with E-state index in [4.69, 9.17) is 10.8 Å². The maximum Gasteiger partial charge on any atom is 0.326 e. The van der Waals surface area contributed by atoms with Crippen LogP contribution in [0.4, 0.5) is 0 Å². The van der Waals surface area contributed by atoms with Gasteiger partial charge in [-0.15, -0.1) is 0 Å². The van der Waals surface area contributed by atoms with E-state index in [1.807, 2.05) is 6.92 Å². The summed E-state index contributed by atoms with van der Waals surface area (Å²) in [5.74, 6) is -1.03. The quantitative estimate of drug-likeness (QED) is 0.695. The van der Waals surface area contributed by atoms with Gasteiger partial charge in [-0.2, -0.15) is 0 Å². The maximum absolute atomic E-state index is 11.6. The summed E-state index contributed by atoms with van der Waals surface area (Å²) >= 11 is 0. The van der Waals surface area contributed by atoms with Gasteiger partial charge in [-0.05, 0) is 18.8 Å².